The molecule has 0 spiro atoms. The molecule has 1 amide bonds. The maximum Gasteiger partial charge on any atom is 0.387 e. The molecule has 10 heteroatoms. The van der Waals surface area contributed by atoms with Crippen LogP contribution in [0, 0.1) is 0 Å². The topological polar surface area (TPSA) is 74.1 Å². The van der Waals surface area contributed by atoms with Crippen LogP contribution in [-0.2, 0) is 4.74 Å². The fourth-order valence-electron chi connectivity index (χ4n) is 3.76. The van der Waals surface area contributed by atoms with E-state index in [1.165, 1.54) is 13.2 Å². The number of pyridine rings is 1. The number of hydrogen-bond donors (Lipinski definition) is 1. The number of imidazole rings is 1. The van der Waals surface area contributed by atoms with Gasteiger partial charge in [-0.05, 0) is 29.8 Å². The summed E-state index contributed by atoms with van der Waals surface area (Å²) in [6.45, 7) is -1.82. The molecule has 2 unspecified atom stereocenters. The summed E-state index contributed by atoms with van der Waals surface area (Å²) in [5.41, 5.74) is 2.65. The second kappa shape index (κ2) is 8.01. The normalized spacial score (nSPS) is 20.3. The van der Waals surface area contributed by atoms with Crippen molar-refractivity contribution >= 4 is 11.6 Å². The third kappa shape index (κ3) is 3.75. The molecule has 1 aromatic carbocycles. The van der Waals surface area contributed by atoms with Crippen molar-refractivity contribution in [1.29, 1.82) is 0 Å². The second-order valence-corrected chi connectivity index (χ2v) is 7.83. The minimum atomic E-state index is -3.16. The number of fused-ring (bicyclic) bond motifs is 1. The molecule has 2 aromatic heterocycles. The molecule has 5 rings (SSSR count). The van der Waals surface area contributed by atoms with Crippen LogP contribution in [0.5, 0.6) is 11.5 Å². The van der Waals surface area contributed by atoms with E-state index in [0.29, 0.717) is 36.0 Å². The number of carbonyl (C=O) groups is 1. The van der Waals surface area contributed by atoms with Crippen LogP contribution in [0.2, 0.25) is 0 Å². The van der Waals surface area contributed by atoms with Crippen LogP contribution in [0.4, 0.5) is 13.2 Å². The first-order valence-corrected chi connectivity index (χ1v) is 10.1. The molecule has 168 valence electrons. The van der Waals surface area contributed by atoms with E-state index in [1.54, 1.807) is 12.3 Å². The third-order valence-electron chi connectivity index (χ3n) is 5.70. The van der Waals surface area contributed by atoms with E-state index in [-0.39, 0.29) is 23.5 Å². The first-order valence-electron chi connectivity index (χ1n) is 10.1. The van der Waals surface area contributed by atoms with E-state index in [9.17, 15) is 18.0 Å². The lowest BCUT2D eigenvalue weighted by Gasteiger charge is -2.26. The number of halogens is 3. The summed E-state index contributed by atoms with van der Waals surface area (Å²) in [4.78, 5) is 17.1. The van der Waals surface area contributed by atoms with Gasteiger partial charge in [-0.3, -0.25) is 9.20 Å². The highest BCUT2D eigenvalue weighted by atomic mass is 19.3. The predicted molar refractivity (Wildman–Crippen MR) is 108 cm³/mol. The predicted octanol–water partition coefficient (Wildman–Crippen LogP) is 3.57. The van der Waals surface area contributed by atoms with Crippen LogP contribution < -0.4 is 14.8 Å². The molecule has 2 fully saturated rings. The highest BCUT2D eigenvalue weighted by Gasteiger charge is 2.40. The van der Waals surface area contributed by atoms with Gasteiger partial charge in [-0.25, -0.2) is 9.37 Å². The van der Waals surface area contributed by atoms with Gasteiger partial charge >= 0.3 is 6.61 Å². The van der Waals surface area contributed by atoms with E-state index in [4.69, 9.17) is 9.47 Å². The van der Waals surface area contributed by atoms with Gasteiger partial charge in [0.15, 0.2) is 0 Å². The lowest BCUT2D eigenvalue weighted by Crippen LogP contribution is -2.28. The summed E-state index contributed by atoms with van der Waals surface area (Å²) in [6, 6.07) is 6.16. The average Bonchev–Trinajstić information content (AvgIpc) is 3.24. The molecule has 2 aliphatic rings. The van der Waals surface area contributed by atoms with Gasteiger partial charge in [0.1, 0.15) is 28.9 Å². The molecule has 1 aliphatic heterocycles. The maximum absolute atomic E-state index is 13.2. The van der Waals surface area contributed by atoms with Crippen LogP contribution in [0.1, 0.15) is 28.3 Å². The molecule has 2 atom stereocenters. The molecule has 1 N–H and O–H groups in total. The largest absolute Gasteiger partial charge is 0.496 e. The van der Waals surface area contributed by atoms with E-state index >= 15 is 0 Å². The van der Waals surface area contributed by atoms with Crippen molar-refractivity contribution < 1.29 is 32.2 Å². The van der Waals surface area contributed by atoms with Crippen molar-refractivity contribution in [3.63, 3.8) is 0 Å². The number of rotatable bonds is 7. The van der Waals surface area contributed by atoms with Crippen molar-refractivity contribution in [3.05, 3.63) is 47.8 Å². The summed E-state index contributed by atoms with van der Waals surface area (Å²) in [7, 11) is 1.32. The zero-order valence-corrected chi connectivity index (χ0v) is 17.1. The Morgan fingerprint density at radius 3 is 2.66 bits per heavy atom. The lowest BCUT2D eigenvalue weighted by atomic mass is 9.99. The number of methoxy groups -OCH3 is 1. The van der Waals surface area contributed by atoms with Gasteiger partial charge in [0.2, 0.25) is 0 Å². The van der Waals surface area contributed by atoms with Crippen LogP contribution >= 0.6 is 0 Å². The van der Waals surface area contributed by atoms with Crippen molar-refractivity contribution in [3.8, 4) is 22.8 Å². The van der Waals surface area contributed by atoms with E-state index < -0.39 is 24.7 Å². The lowest BCUT2D eigenvalue weighted by molar-refractivity contribution is -0.0502. The minimum Gasteiger partial charge on any atom is -0.496 e. The number of hydrogen-bond acceptors (Lipinski definition) is 5. The zero-order chi connectivity index (χ0) is 22.4. The highest BCUT2D eigenvalue weighted by molar-refractivity contribution is 6.01. The Kier molecular flexibility index (Phi) is 5.16. The zero-order valence-electron chi connectivity index (χ0n) is 17.1. The number of nitrogens with zero attached hydrogens (tertiary/aromatic N) is 2. The number of carbonyl (C=O) groups excluding carboxylic acids is 1. The van der Waals surface area contributed by atoms with Crippen LogP contribution in [0.15, 0.2) is 36.7 Å². The maximum atomic E-state index is 13.2. The molecule has 1 saturated heterocycles. The van der Waals surface area contributed by atoms with Gasteiger partial charge in [-0.2, -0.15) is 8.78 Å². The van der Waals surface area contributed by atoms with Gasteiger partial charge in [0, 0.05) is 24.1 Å². The number of alkyl halides is 3. The van der Waals surface area contributed by atoms with Crippen molar-refractivity contribution in [2.75, 3.05) is 20.3 Å². The number of amides is 1. The van der Waals surface area contributed by atoms with Gasteiger partial charge in [0.05, 0.1) is 38.3 Å². The number of nitrogens with one attached hydrogen (secondary N) is 1. The van der Waals surface area contributed by atoms with E-state index in [0.717, 1.165) is 5.56 Å². The Morgan fingerprint density at radius 2 is 2.03 bits per heavy atom. The van der Waals surface area contributed by atoms with Gasteiger partial charge in [0.25, 0.3) is 5.91 Å². The molecule has 0 bridgehead atoms. The molecule has 3 aromatic rings. The van der Waals surface area contributed by atoms with Crippen LogP contribution in [0.3, 0.4) is 0 Å². The SMILES string of the molecule is COc1cc(-c2cnc3cc(C4COC4)ccn23)cc(OC(F)F)c1C(=O)NC1CC1F. The van der Waals surface area contributed by atoms with Crippen molar-refractivity contribution in [1.82, 2.24) is 14.7 Å². The molecule has 0 radical (unpaired) electrons. The van der Waals surface area contributed by atoms with Gasteiger partial charge in [-0.1, -0.05) is 0 Å². The van der Waals surface area contributed by atoms with Crippen molar-refractivity contribution in [2.24, 2.45) is 0 Å². The summed E-state index contributed by atoms with van der Waals surface area (Å²) < 4.78 is 56.5. The molecule has 1 aliphatic carbocycles. The number of benzene rings is 1. The molecular formula is C22H20F3N3O4. The summed E-state index contributed by atoms with van der Waals surface area (Å²) in [5.74, 6) is -0.731. The Bertz CT molecular complexity index is 1180. The standard InChI is InChI=1S/C22H20F3N3O4/c1-30-17-4-12(5-18(32-22(24)25)20(17)21(29)27-15-7-14(15)23)16-8-26-19-6-11(2-3-28(16)19)13-9-31-10-13/h2-6,8,13-15,22H,7,9-10H2,1H3,(H,27,29). The monoisotopic (exact) mass is 447 g/mol. The molecule has 3 heterocycles. The minimum absolute atomic E-state index is 0.0323. The quantitative estimate of drug-likeness (QED) is 0.600. The first-order chi connectivity index (χ1) is 15.4. The highest BCUT2D eigenvalue weighted by Crippen LogP contribution is 2.37. The molecule has 32 heavy (non-hydrogen) atoms. The summed E-state index contributed by atoms with van der Waals surface area (Å²) in [6.07, 6.45) is 2.50. The molecule has 7 nitrogen and oxygen atoms in total. The van der Waals surface area contributed by atoms with Crippen LogP contribution in [-0.4, -0.2) is 54.4 Å². The summed E-state index contributed by atoms with van der Waals surface area (Å²) in [5, 5.41) is 2.47. The molecule has 1 saturated carbocycles. The fraction of sp³-hybridized carbons (Fsp3) is 0.364. The van der Waals surface area contributed by atoms with Crippen molar-refractivity contribution in [2.45, 2.75) is 31.2 Å². The second-order valence-electron chi connectivity index (χ2n) is 7.83. The Balaban J connectivity index is 1.55. The smallest absolute Gasteiger partial charge is 0.387 e. The Hall–Kier alpha value is -3.27. The van der Waals surface area contributed by atoms with Crippen LogP contribution in [0.25, 0.3) is 16.9 Å². The number of aromatic nitrogens is 2. The van der Waals surface area contributed by atoms with E-state index in [2.05, 4.69) is 15.0 Å². The van der Waals surface area contributed by atoms with E-state index in [1.807, 2.05) is 22.7 Å². The van der Waals surface area contributed by atoms with Gasteiger partial charge < -0.3 is 19.5 Å². The fourth-order valence-corrected chi connectivity index (χ4v) is 3.76. The number of ether oxygens (including phenoxy) is 3. The molecular weight excluding hydrogens is 427 g/mol. The first kappa shape index (κ1) is 20.6. The Morgan fingerprint density at radius 1 is 1.28 bits per heavy atom. The Labute approximate surface area is 181 Å². The average molecular weight is 447 g/mol. The van der Waals surface area contributed by atoms with Gasteiger partial charge in [-0.15, -0.1) is 0 Å². The third-order valence-corrected chi connectivity index (χ3v) is 5.70. The summed E-state index contributed by atoms with van der Waals surface area (Å²) >= 11 is 0.